The van der Waals surface area contributed by atoms with Gasteiger partial charge in [0.1, 0.15) is 5.82 Å². The molecule has 0 saturated heterocycles. The topological polar surface area (TPSA) is 0 Å². The molecule has 0 nitrogen and oxygen atoms in total. The summed E-state index contributed by atoms with van der Waals surface area (Å²) in [4.78, 5) is 0. The molecule has 0 spiro atoms. The van der Waals surface area contributed by atoms with Gasteiger partial charge in [0.25, 0.3) is 0 Å². The molecular formula is C28H37F. The highest BCUT2D eigenvalue weighted by molar-refractivity contribution is 5.84. The standard InChI is InChI=1S/C28H37F/c1-3-5-6-8-26-17-25-14-13-24(18-27(25)19-28(26)29)23-12-11-21-15-20(7-4-2)9-10-22(21)16-23/h3,5,13-14,17-23H,4,6-12,15-16H2,1-2H3/b5-3+/t20?,21-,22?,23-/m1/s1. The van der Waals surface area contributed by atoms with Gasteiger partial charge in [0.05, 0.1) is 0 Å². The molecule has 2 fully saturated rings. The first-order chi connectivity index (χ1) is 14.2. The first kappa shape index (κ1) is 20.6. The lowest BCUT2D eigenvalue weighted by Gasteiger charge is -2.42. The molecule has 0 radical (unpaired) electrons. The predicted molar refractivity (Wildman–Crippen MR) is 123 cm³/mol. The van der Waals surface area contributed by atoms with Crippen LogP contribution in [0, 0.1) is 23.6 Å². The van der Waals surface area contributed by atoms with E-state index in [1.165, 1.54) is 62.3 Å². The molecule has 0 aromatic heterocycles. The molecule has 2 aromatic rings. The predicted octanol–water partition coefficient (Wildman–Crippen LogP) is 8.59. The summed E-state index contributed by atoms with van der Waals surface area (Å²) in [6.07, 6.45) is 17.0. The number of allylic oxidation sites excluding steroid dienone is 2. The molecule has 4 rings (SSSR count). The number of rotatable bonds is 6. The number of benzene rings is 2. The molecule has 156 valence electrons. The Morgan fingerprint density at radius 2 is 1.79 bits per heavy atom. The number of halogens is 1. The van der Waals surface area contributed by atoms with Crippen molar-refractivity contribution in [2.24, 2.45) is 17.8 Å². The number of hydrogen-bond donors (Lipinski definition) is 0. The average Bonchev–Trinajstić information content (AvgIpc) is 2.74. The van der Waals surface area contributed by atoms with E-state index in [0.717, 1.165) is 41.5 Å². The van der Waals surface area contributed by atoms with E-state index in [0.29, 0.717) is 5.92 Å². The maximum absolute atomic E-state index is 14.6. The molecule has 0 aliphatic heterocycles. The van der Waals surface area contributed by atoms with Crippen molar-refractivity contribution in [2.75, 3.05) is 0 Å². The zero-order valence-corrected chi connectivity index (χ0v) is 18.3. The molecule has 0 bridgehead atoms. The Hall–Kier alpha value is -1.63. The number of fused-ring (bicyclic) bond motifs is 2. The molecule has 29 heavy (non-hydrogen) atoms. The molecule has 2 unspecified atom stereocenters. The van der Waals surface area contributed by atoms with Crippen LogP contribution in [0.5, 0.6) is 0 Å². The van der Waals surface area contributed by atoms with Crippen LogP contribution >= 0.6 is 0 Å². The fraction of sp³-hybridized carbons (Fsp3) is 0.571. The van der Waals surface area contributed by atoms with Crippen molar-refractivity contribution in [2.45, 2.75) is 84.0 Å². The highest BCUT2D eigenvalue weighted by atomic mass is 19.1. The van der Waals surface area contributed by atoms with Gasteiger partial charge in [-0.25, -0.2) is 4.39 Å². The van der Waals surface area contributed by atoms with Gasteiger partial charge in [-0.15, -0.1) is 0 Å². The normalized spacial score (nSPS) is 27.4. The SMILES string of the molecule is C/C=C/CCc1cc2ccc([C@@H]3CC[C@@H]4CC(CCC)CCC4C3)cc2cc1F. The van der Waals surface area contributed by atoms with Crippen LogP contribution in [0.3, 0.4) is 0 Å². The van der Waals surface area contributed by atoms with Gasteiger partial charge in [0.15, 0.2) is 0 Å². The minimum absolute atomic E-state index is 0.0443. The van der Waals surface area contributed by atoms with Crippen LogP contribution in [-0.4, -0.2) is 0 Å². The second kappa shape index (κ2) is 9.45. The Morgan fingerprint density at radius 3 is 2.62 bits per heavy atom. The van der Waals surface area contributed by atoms with Crippen molar-refractivity contribution < 1.29 is 4.39 Å². The van der Waals surface area contributed by atoms with Gasteiger partial charge in [-0.05, 0) is 110 Å². The summed E-state index contributed by atoms with van der Waals surface area (Å²) >= 11 is 0. The summed E-state index contributed by atoms with van der Waals surface area (Å²) in [5.74, 6) is 3.50. The zero-order valence-electron chi connectivity index (χ0n) is 18.3. The first-order valence-electron chi connectivity index (χ1n) is 12.0. The van der Waals surface area contributed by atoms with E-state index >= 15 is 0 Å². The summed E-state index contributed by atoms with van der Waals surface area (Å²) in [5, 5.41) is 2.25. The van der Waals surface area contributed by atoms with Crippen molar-refractivity contribution in [1.82, 2.24) is 0 Å². The van der Waals surface area contributed by atoms with E-state index in [4.69, 9.17) is 0 Å². The Bertz CT molecular complexity index is 849. The second-order valence-corrected chi connectivity index (χ2v) is 9.66. The van der Waals surface area contributed by atoms with Gasteiger partial charge in [-0.2, -0.15) is 0 Å². The molecule has 2 aromatic carbocycles. The van der Waals surface area contributed by atoms with Gasteiger partial charge >= 0.3 is 0 Å². The lowest BCUT2D eigenvalue weighted by molar-refractivity contribution is 0.114. The summed E-state index contributed by atoms with van der Waals surface area (Å²) in [7, 11) is 0. The summed E-state index contributed by atoms with van der Waals surface area (Å²) in [5.41, 5.74) is 2.28. The van der Waals surface area contributed by atoms with Crippen LogP contribution in [0.25, 0.3) is 10.8 Å². The van der Waals surface area contributed by atoms with Crippen LogP contribution in [0.4, 0.5) is 4.39 Å². The van der Waals surface area contributed by atoms with E-state index in [1.54, 1.807) is 6.07 Å². The summed E-state index contributed by atoms with van der Waals surface area (Å²) in [6.45, 7) is 4.35. The fourth-order valence-corrected chi connectivity index (χ4v) is 6.15. The fourth-order valence-electron chi connectivity index (χ4n) is 6.15. The summed E-state index contributed by atoms with van der Waals surface area (Å²) < 4.78 is 14.6. The molecule has 2 aliphatic rings. The third-order valence-electron chi connectivity index (χ3n) is 7.74. The lowest BCUT2D eigenvalue weighted by Crippen LogP contribution is -2.30. The van der Waals surface area contributed by atoms with Crippen LogP contribution < -0.4 is 0 Å². The Morgan fingerprint density at radius 1 is 0.966 bits per heavy atom. The smallest absolute Gasteiger partial charge is 0.127 e. The Labute approximate surface area is 176 Å². The Balaban J connectivity index is 1.46. The van der Waals surface area contributed by atoms with Gasteiger partial charge in [-0.1, -0.05) is 56.5 Å². The van der Waals surface area contributed by atoms with Crippen LogP contribution in [0.2, 0.25) is 0 Å². The summed E-state index contributed by atoms with van der Waals surface area (Å²) in [6, 6.07) is 10.7. The van der Waals surface area contributed by atoms with Gasteiger partial charge in [0, 0.05) is 0 Å². The van der Waals surface area contributed by atoms with E-state index in [1.807, 2.05) is 13.0 Å². The minimum Gasteiger partial charge on any atom is -0.207 e. The van der Waals surface area contributed by atoms with E-state index in [2.05, 4.69) is 37.3 Å². The zero-order chi connectivity index (χ0) is 20.2. The second-order valence-electron chi connectivity index (χ2n) is 9.66. The highest BCUT2D eigenvalue weighted by Crippen LogP contribution is 2.48. The van der Waals surface area contributed by atoms with Crippen LogP contribution in [0.15, 0.2) is 42.5 Å². The molecule has 0 amide bonds. The maximum Gasteiger partial charge on any atom is 0.127 e. The Kier molecular flexibility index (Phi) is 6.73. The third kappa shape index (κ3) is 4.76. The van der Waals surface area contributed by atoms with Gasteiger partial charge in [-0.3, -0.25) is 0 Å². The average molecular weight is 393 g/mol. The van der Waals surface area contributed by atoms with Gasteiger partial charge in [0.2, 0.25) is 0 Å². The third-order valence-corrected chi connectivity index (χ3v) is 7.74. The van der Waals surface area contributed by atoms with E-state index < -0.39 is 0 Å². The monoisotopic (exact) mass is 392 g/mol. The largest absolute Gasteiger partial charge is 0.207 e. The maximum atomic E-state index is 14.6. The van der Waals surface area contributed by atoms with Crippen molar-refractivity contribution in [3.05, 3.63) is 59.4 Å². The molecule has 2 saturated carbocycles. The van der Waals surface area contributed by atoms with E-state index in [-0.39, 0.29) is 5.82 Å². The van der Waals surface area contributed by atoms with E-state index in [9.17, 15) is 4.39 Å². The molecule has 1 heteroatoms. The van der Waals surface area contributed by atoms with Crippen molar-refractivity contribution in [3.63, 3.8) is 0 Å². The number of hydrogen-bond acceptors (Lipinski definition) is 0. The molecule has 0 heterocycles. The van der Waals surface area contributed by atoms with Crippen LogP contribution in [0.1, 0.15) is 88.7 Å². The van der Waals surface area contributed by atoms with Crippen molar-refractivity contribution in [1.29, 1.82) is 0 Å². The van der Waals surface area contributed by atoms with Crippen LogP contribution in [-0.2, 0) is 6.42 Å². The molecule has 2 aliphatic carbocycles. The molecule has 4 atom stereocenters. The highest BCUT2D eigenvalue weighted by Gasteiger charge is 2.35. The first-order valence-corrected chi connectivity index (χ1v) is 12.0. The van der Waals surface area contributed by atoms with Gasteiger partial charge < -0.3 is 0 Å². The quantitative estimate of drug-likeness (QED) is 0.432. The van der Waals surface area contributed by atoms with Crippen molar-refractivity contribution in [3.8, 4) is 0 Å². The number of aryl methyl sites for hydroxylation is 1. The lowest BCUT2D eigenvalue weighted by atomic mass is 9.63. The minimum atomic E-state index is -0.0443. The van der Waals surface area contributed by atoms with Crippen molar-refractivity contribution >= 4 is 10.8 Å². The molecular weight excluding hydrogens is 355 g/mol. The molecule has 0 N–H and O–H groups in total.